The average Bonchev–Trinajstić information content (AvgIpc) is 2.54. The van der Waals surface area contributed by atoms with Gasteiger partial charge in [-0.25, -0.2) is 0 Å². The van der Waals surface area contributed by atoms with E-state index in [1.165, 1.54) is 11.1 Å². The number of phenolic OH excluding ortho intramolecular Hbond substituents is 1. The van der Waals surface area contributed by atoms with Gasteiger partial charge < -0.3 is 9.84 Å². The summed E-state index contributed by atoms with van der Waals surface area (Å²) in [6.45, 7) is 2.45. The van der Waals surface area contributed by atoms with Crippen LogP contribution in [0.5, 0.6) is 11.5 Å². The Kier molecular flexibility index (Phi) is 4.76. The molecule has 0 fully saturated rings. The lowest BCUT2D eigenvalue weighted by Gasteiger charge is -2.27. The van der Waals surface area contributed by atoms with Crippen molar-refractivity contribution in [3.63, 3.8) is 0 Å². The molecule has 2 aromatic rings. The van der Waals surface area contributed by atoms with Gasteiger partial charge in [0.1, 0.15) is 0 Å². The normalized spacial score (nSPS) is 13.8. The summed E-state index contributed by atoms with van der Waals surface area (Å²) in [7, 11) is 1.57. The van der Waals surface area contributed by atoms with E-state index in [-0.39, 0.29) is 5.75 Å². The summed E-state index contributed by atoms with van der Waals surface area (Å²) in [6.07, 6.45) is 0.908. The zero-order valence-corrected chi connectivity index (χ0v) is 13.7. The summed E-state index contributed by atoms with van der Waals surface area (Å²) in [4.78, 5) is 2.29. The Labute approximate surface area is 141 Å². The van der Waals surface area contributed by atoms with E-state index in [0.717, 1.165) is 25.1 Å². The van der Waals surface area contributed by atoms with Gasteiger partial charge >= 0.3 is 0 Å². The quantitative estimate of drug-likeness (QED) is 0.857. The van der Waals surface area contributed by atoms with Crippen molar-refractivity contribution in [2.45, 2.75) is 13.0 Å². The number of hydrogen-bond donors (Lipinski definition) is 1. The van der Waals surface area contributed by atoms with E-state index in [2.05, 4.69) is 16.7 Å². The van der Waals surface area contributed by atoms with E-state index in [1.807, 2.05) is 36.4 Å². The number of aromatic hydroxyl groups is 1. The van der Waals surface area contributed by atoms with Crippen LogP contribution in [0.3, 0.4) is 0 Å². The van der Waals surface area contributed by atoms with Crippen LogP contribution in [-0.2, 0) is 13.0 Å². The molecule has 0 saturated carbocycles. The molecule has 1 N–H and O–H groups in total. The maximum atomic E-state index is 9.85. The molecule has 0 bridgehead atoms. The van der Waals surface area contributed by atoms with Gasteiger partial charge in [-0.15, -0.1) is 0 Å². The van der Waals surface area contributed by atoms with Gasteiger partial charge in [-0.2, -0.15) is 0 Å². The first-order valence-corrected chi connectivity index (χ1v) is 7.89. The number of nitrogens with zero attached hydrogens (tertiary/aromatic N) is 1. The summed E-state index contributed by atoms with van der Waals surface area (Å²) >= 11 is 5.96. The Morgan fingerprint density at radius 2 is 2.13 bits per heavy atom. The summed E-state index contributed by atoms with van der Waals surface area (Å²) in [5, 5.41) is 10.6. The first-order valence-electron chi connectivity index (χ1n) is 7.51. The number of rotatable bonds is 2. The molecule has 0 radical (unpaired) electrons. The minimum absolute atomic E-state index is 0.209. The maximum Gasteiger partial charge on any atom is 0.160 e. The highest BCUT2D eigenvalue weighted by Gasteiger charge is 2.18. The number of halogens is 1. The van der Waals surface area contributed by atoms with Crippen LogP contribution in [0.1, 0.15) is 16.7 Å². The van der Waals surface area contributed by atoms with Crippen LogP contribution in [0, 0.1) is 11.8 Å². The van der Waals surface area contributed by atoms with Gasteiger partial charge in [0.25, 0.3) is 0 Å². The van der Waals surface area contributed by atoms with Gasteiger partial charge in [0.2, 0.25) is 0 Å². The first-order chi connectivity index (χ1) is 11.2. The SMILES string of the molecule is COc1cc2c(cc1O)CCN(CC#Cc1cccc(Cl)c1)C2. The predicted octanol–water partition coefficient (Wildman–Crippen LogP) is 3.46. The summed E-state index contributed by atoms with van der Waals surface area (Å²) in [5.41, 5.74) is 3.30. The molecule has 0 amide bonds. The highest BCUT2D eigenvalue weighted by atomic mass is 35.5. The molecule has 3 rings (SSSR count). The van der Waals surface area contributed by atoms with E-state index >= 15 is 0 Å². The number of methoxy groups -OCH3 is 1. The molecule has 23 heavy (non-hydrogen) atoms. The Hall–Kier alpha value is -2.15. The molecule has 0 unspecified atom stereocenters. The van der Waals surface area contributed by atoms with Gasteiger partial charge in [0, 0.05) is 23.7 Å². The molecule has 118 valence electrons. The van der Waals surface area contributed by atoms with Gasteiger partial charge in [0.05, 0.1) is 13.7 Å². The van der Waals surface area contributed by atoms with Gasteiger partial charge in [0.15, 0.2) is 11.5 Å². The smallest absolute Gasteiger partial charge is 0.160 e. The number of ether oxygens (including phenoxy) is 1. The Morgan fingerprint density at radius 3 is 2.91 bits per heavy atom. The second kappa shape index (κ2) is 6.95. The maximum absolute atomic E-state index is 9.85. The summed E-state index contributed by atoms with van der Waals surface area (Å²) in [6, 6.07) is 11.3. The fraction of sp³-hybridized carbons (Fsp3) is 0.263. The number of hydrogen-bond acceptors (Lipinski definition) is 3. The van der Waals surface area contributed by atoms with Gasteiger partial charge in [-0.3, -0.25) is 4.90 Å². The first kappa shape index (κ1) is 15.7. The molecular weight excluding hydrogens is 310 g/mol. The minimum atomic E-state index is 0.209. The zero-order valence-electron chi connectivity index (χ0n) is 13.0. The van der Waals surface area contributed by atoms with Crippen molar-refractivity contribution in [1.82, 2.24) is 4.90 Å². The Morgan fingerprint density at radius 1 is 1.26 bits per heavy atom. The molecule has 3 nitrogen and oxygen atoms in total. The standard InChI is InChI=1S/C19H18ClNO2/c1-23-19-12-16-13-21(9-7-15(16)11-18(19)22)8-3-5-14-4-2-6-17(20)10-14/h2,4,6,10-12,22H,7-9,13H2,1H3. The highest BCUT2D eigenvalue weighted by molar-refractivity contribution is 6.30. The van der Waals surface area contributed by atoms with Crippen LogP contribution < -0.4 is 4.74 Å². The van der Waals surface area contributed by atoms with Crippen molar-refractivity contribution < 1.29 is 9.84 Å². The molecule has 1 aliphatic heterocycles. The van der Waals surface area contributed by atoms with Gasteiger partial charge in [-0.1, -0.05) is 29.5 Å². The molecule has 1 aliphatic rings. The van der Waals surface area contributed by atoms with Crippen LogP contribution in [0.25, 0.3) is 0 Å². The number of phenols is 1. The van der Waals surface area contributed by atoms with Crippen molar-refractivity contribution in [3.05, 3.63) is 58.1 Å². The number of benzene rings is 2. The van der Waals surface area contributed by atoms with Crippen molar-refractivity contribution in [1.29, 1.82) is 0 Å². The average molecular weight is 328 g/mol. The molecule has 0 atom stereocenters. The Balaban J connectivity index is 1.68. The molecular formula is C19H18ClNO2. The third-order valence-corrected chi connectivity index (χ3v) is 4.19. The second-order valence-electron chi connectivity index (χ2n) is 5.57. The third kappa shape index (κ3) is 3.79. The number of fused-ring (bicyclic) bond motifs is 1. The van der Waals surface area contributed by atoms with E-state index in [9.17, 15) is 5.11 Å². The molecule has 0 aromatic heterocycles. The van der Waals surface area contributed by atoms with E-state index in [4.69, 9.17) is 16.3 Å². The fourth-order valence-electron chi connectivity index (χ4n) is 2.75. The highest BCUT2D eigenvalue weighted by Crippen LogP contribution is 2.32. The Bertz CT molecular complexity index is 777. The monoisotopic (exact) mass is 327 g/mol. The molecule has 2 aromatic carbocycles. The minimum Gasteiger partial charge on any atom is -0.504 e. The van der Waals surface area contributed by atoms with Crippen LogP contribution in [0.2, 0.25) is 5.02 Å². The van der Waals surface area contributed by atoms with Crippen LogP contribution >= 0.6 is 11.6 Å². The zero-order chi connectivity index (χ0) is 16.2. The predicted molar refractivity (Wildman–Crippen MR) is 92.0 cm³/mol. The summed E-state index contributed by atoms with van der Waals surface area (Å²) < 4.78 is 5.19. The fourth-order valence-corrected chi connectivity index (χ4v) is 2.94. The van der Waals surface area contributed by atoms with Crippen LogP contribution in [0.15, 0.2) is 36.4 Å². The lowest BCUT2D eigenvalue weighted by atomic mass is 9.99. The van der Waals surface area contributed by atoms with Crippen molar-refractivity contribution in [3.8, 4) is 23.3 Å². The molecule has 1 heterocycles. The van der Waals surface area contributed by atoms with Crippen LogP contribution in [-0.4, -0.2) is 30.2 Å². The topological polar surface area (TPSA) is 32.7 Å². The van der Waals surface area contributed by atoms with E-state index < -0.39 is 0 Å². The largest absolute Gasteiger partial charge is 0.504 e. The van der Waals surface area contributed by atoms with E-state index in [1.54, 1.807) is 7.11 Å². The third-order valence-electron chi connectivity index (χ3n) is 3.95. The van der Waals surface area contributed by atoms with Gasteiger partial charge in [-0.05, 0) is 47.9 Å². The van der Waals surface area contributed by atoms with Crippen LogP contribution in [0.4, 0.5) is 0 Å². The van der Waals surface area contributed by atoms with Crippen molar-refractivity contribution >= 4 is 11.6 Å². The van der Waals surface area contributed by atoms with Crippen molar-refractivity contribution in [2.24, 2.45) is 0 Å². The van der Waals surface area contributed by atoms with Crippen molar-refractivity contribution in [2.75, 3.05) is 20.2 Å². The summed E-state index contributed by atoms with van der Waals surface area (Å²) in [5.74, 6) is 7.09. The lowest BCUT2D eigenvalue weighted by molar-refractivity contribution is 0.284. The molecule has 0 saturated heterocycles. The second-order valence-corrected chi connectivity index (χ2v) is 6.00. The molecule has 4 heteroatoms. The lowest BCUT2D eigenvalue weighted by Crippen LogP contribution is -2.30. The van der Waals surface area contributed by atoms with E-state index in [0.29, 0.717) is 17.3 Å². The molecule has 0 aliphatic carbocycles. The molecule has 0 spiro atoms.